The molecule has 2 nitrogen and oxygen atoms in total. The lowest BCUT2D eigenvalue weighted by molar-refractivity contribution is -0.0137. The maximum absolute atomic E-state index is 5.57. The van der Waals surface area contributed by atoms with Gasteiger partial charge < -0.3 is 10.1 Å². The van der Waals surface area contributed by atoms with E-state index in [9.17, 15) is 0 Å². The van der Waals surface area contributed by atoms with Crippen LogP contribution in [0.5, 0.6) is 0 Å². The van der Waals surface area contributed by atoms with E-state index < -0.39 is 0 Å². The minimum Gasteiger partial charge on any atom is -0.377 e. The molecule has 0 aromatic carbocycles. The minimum atomic E-state index is -0.0654. The first kappa shape index (κ1) is 14.9. The van der Waals surface area contributed by atoms with Crippen LogP contribution in [0.1, 0.15) is 53.9 Å². The molecule has 0 spiro atoms. The summed E-state index contributed by atoms with van der Waals surface area (Å²) in [5.41, 5.74) is -0.0654. The Kier molecular flexibility index (Phi) is 7.20. The fourth-order valence-corrected chi connectivity index (χ4v) is 1.66. The van der Waals surface area contributed by atoms with E-state index in [0.29, 0.717) is 6.04 Å². The monoisotopic (exact) mass is 215 g/mol. The van der Waals surface area contributed by atoms with Crippen LogP contribution in [0, 0.1) is 5.92 Å². The molecule has 0 saturated carbocycles. The molecule has 0 aromatic heterocycles. The van der Waals surface area contributed by atoms with Gasteiger partial charge >= 0.3 is 0 Å². The van der Waals surface area contributed by atoms with Crippen LogP contribution in [-0.4, -0.2) is 25.3 Å². The van der Waals surface area contributed by atoms with Crippen molar-refractivity contribution in [1.29, 1.82) is 0 Å². The van der Waals surface area contributed by atoms with Crippen molar-refractivity contribution in [3.63, 3.8) is 0 Å². The van der Waals surface area contributed by atoms with Gasteiger partial charge in [-0.05, 0) is 45.6 Å². The van der Waals surface area contributed by atoms with Crippen molar-refractivity contribution in [3.8, 4) is 0 Å². The predicted octanol–water partition coefficient (Wildman–Crippen LogP) is 3.22. The molecule has 0 aliphatic heterocycles. The highest BCUT2D eigenvalue weighted by Crippen LogP contribution is 2.20. The number of hydrogen-bond acceptors (Lipinski definition) is 2. The van der Waals surface area contributed by atoms with E-state index in [1.165, 1.54) is 19.3 Å². The summed E-state index contributed by atoms with van der Waals surface area (Å²) in [7, 11) is 1.80. The maximum Gasteiger partial charge on any atom is 0.0774 e. The molecule has 0 rings (SSSR count). The Hall–Kier alpha value is -0.0800. The zero-order valence-corrected chi connectivity index (χ0v) is 11.4. The van der Waals surface area contributed by atoms with Gasteiger partial charge in [-0.15, -0.1) is 0 Å². The quantitative estimate of drug-likeness (QED) is 0.671. The maximum atomic E-state index is 5.57. The Labute approximate surface area is 95.8 Å². The first-order valence-corrected chi connectivity index (χ1v) is 6.22. The molecule has 0 radical (unpaired) electrons. The molecule has 2 heteroatoms. The zero-order chi connectivity index (χ0) is 11.9. The van der Waals surface area contributed by atoms with Crippen molar-refractivity contribution in [2.75, 3.05) is 13.7 Å². The van der Waals surface area contributed by atoms with Gasteiger partial charge in [-0.3, -0.25) is 0 Å². The Balaban J connectivity index is 4.17. The molecule has 0 heterocycles. The summed E-state index contributed by atoms with van der Waals surface area (Å²) in [5, 5.41) is 3.59. The lowest BCUT2D eigenvalue weighted by Gasteiger charge is -2.34. The van der Waals surface area contributed by atoms with Gasteiger partial charge in [0.15, 0.2) is 0 Å². The van der Waals surface area contributed by atoms with E-state index in [-0.39, 0.29) is 5.60 Å². The minimum absolute atomic E-state index is 0.0654. The summed E-state index contributed by atoms with van der Waals surface area (Å²) in [6.07, 6.45) is 3.63. The molecule has 0 saturated heterocycles. The molecular formula is C13H29NO. The Morgan fingerprint density at radius 2 is 1.80 bits per heavy atom. The van der Waals surface area contributed by atoms with Crippen LogP contribution in [-0.2, 0) is 4.74 Å². The molecule has 0 aliphatic carbocycles. The number of methoxy groups -OCH3 is 1. The van der Waals surface area contributed by atoms with Crippen molar-refractivity contribution in [1.82, 2.24) is 5.32 Å². The van der Waals surface area contributed by atoms with E-state index in [4.69, 9.17) is 4.74 Å². The average Bonchev–Trinajstić information content (AvgIpc) is 2.17. The van der Waals surface area contributed by atoms with E-state index in [0.717, 1.165) is 12.5 Å². The summed E-state index contributed by atoms with van der Waals surface area (Å²) < 4.78 is 5.57. The highest BCUT2D eigenvalue weighted by Gasteiger charge is 2.28. The van der Waals surface area contributed by atoms with Gasteiger partial charge in [-0.2, -0.15) is 0 Å². The standard InChI is InChI=1S/C13H29NO/c1-7-10-14-12(9-8-11(2)3)13(4,5)15-6/h11-12,14H,7-10H2,1-6H3. The van der Waals surface area contributed by atoms with Gasteiger partial charge in [0.2, 0.25) is 0 Å². The van der Waals surface area contributed by atoms with E-state index >= 15 is 0 Å². The third-order valence-corrected chi connectivity index (χ3v) is 3.04. The molecule has 1 N–H and O–H groups in total. The van der Waals surface area contributed by atoms with E-state index in [1.807, 2.05) is 0 Å². The molecule has 0 amide bonds. The second kappa shape index (κ2) is 7.24. The highest BCUT2D eigenvalue weighted by atomic mass is 16.5. The summed E-state index contributed by atoms with van der Waals surface area (Å²) in [4.78, 5) is 0. The molecule has 0 fully saturated rings. The number of hydrogen-bond donors (Lipinski definition) is 1. The highest BCUT2D eigenvalue weighted by molar-refractivity contribution is 4.85. The fourth-order valence-electron chi connectivity index (χ4n) is 1.66. The molecule has 0 aromatic rings. The van der Waals surface area contributed by atoms with E-state index in [2.05, 4.69) is 39.9 Å². The average molecular weight is 215 g/mol. The molecule has 1 unspecified atom stereocenters. The largest absolute Gasteiger partial charge is 0.377 e. The van der Waals surface area contributed by atoms with Gasteiger partial charge in [0, 0.05) is 13.2 Å². The normalized spacial score (nSPS) is 14.6. The zero-order valence-electron chi connectivity index (χ0n) is 11.4. The van der Waals surface area contributed by atoms with Crippen LogP contribution in [0.2, 0.25) is 0 Å². The van der Waals surface area contributed by atoms with Gasteiger partial charge in [-0.1, -0.05) is 20.8 Å². The molecule has 0 aliphatic rings. The van der Waals surface area contributed by atoms with Crippen molar-refractivity contribution in [3.05, 3.63) is 0 Å². The van der Waals surface area contributed by atoms with Gasteiger partial charge in [0.25, 0.3) is 0 Å². The summed E-state index contributed by atoms with van der Waals surface area (Å²) in [5.74, 6) is 0.767. The molecule has 92 valence electrons. The number of nitrogens with one attached hydrogen (secondary N) is 1. The van der Waals surface area contributed by atoms with Crippen molar-refractivity contribution in [2.45, 2.75) is 65.5 Å². The van der Waals surface area contributed by atoms with Crippen LogP contribution in [0.4, 0.5) is 0 Å². The smallest absolute Gasteiger partial charge is 0.0774 e. The third kappa shape index (κ3) is 6.16. The molecule has 0 bridgehead atoms. The predicted molar refractivity (Wildman–Crippen MR) is 67.2 cm³/mol. The van der Waals surface area contributed by atoms with Crippen LogP contribution >= 0.6 is 0 Å². The summed E-state index contributed by atoms with van der Waals surface area (Å²) in [6.45, 7) is 12.2. The van der Waals surface area contributed by atoms with Crippen LogP contribution < -0.4 is 5.32 Å². The van der Waals surface area contributed by atoms with Gasteiger partial charge in [0.05, 0.1) is 5.60 Å². The Bertz CT molecular complexity index is 155. The number of ether oxygens (including phenoxy) is 1. The first-order chi connectivity index (χ1) is 6.94. The van der Waals surface area contributed by atoms with Crippen molar-refractivity contribution < 1.29 is 4.74 Å². The van der Waals surface area contributed by atoms with E-state index in [1.54, 1.807) is 7.11 Å². The number of rotatable bonds is 8. The molecular weight excluding hydrogens is 186 g/mol. The third-order valence-electron chi connectivity index (χ3n) is 3.04. The Morgan fingerprint density at radius 3 is 2.20 bits per heavy atom. The lowest BCUT2D eigenvalue weighted by atomic mass is 9.91. The summed E-state index contributed by atoms with van der Waals surface area (Å²) in [6, 6.07) is 0.463. The Morgan fingerprint density at radius 1 is 1.20 bits per heavy atom. The fraction of sp³-hybridized carbons (Fsp3) is 1.00. The lowest BCUT2D eigenvalue weighted by Crippen LogP contribution is -2.48. The van der Waals surface area contributed by atoms with Crippen LogP contribution in [0.3, 0.4) is 0 Å². The molecule has 1 atom stereocenters. The second-order valence-corrected chi connectivity index (χ2v) is 5.29. The van der Waals surface area contributed by atoms with Crippen molar-refractivity contribution >= 4 is 0 Å². The molecule has 15 heavy (non-hydrogen) atoms. The first-order valence-electron chi connectivity index (χ1n) is 6.22. The van der Waals surface area contributed by atoms with Crippen molar-refractivity contribution in [2.24, 2.45) is 5.92 Å². The van der Waals surface area contributed by atoms with Crippen LogP contribution in [0.25, 0.3) is 0 Å². The topological polar surface area (TPSA) is 21.3 Å². The second-order valence-electron chi connectivity index (χ2n) is 5.29. The summed E-state index contributed by atoms with van der Waals surface area (Å²) >= 11 is 0. The van der Waals surface area contributed by atoms with Gasteiger partial charge in [0.1, 0.15) is 0 Å². The SMILES string of the molecule is CCCNC(CCC(C)C)C(C)(C)OC. The van der Waals surface area contributed by atoms with Crippen LogP contribution in [0.15, 0.2) is 0 Å². The van der Waals surface area contributed by atoms with Gasteiger partial charge in [-0.25, -0.2) is 0 Å².